The van der Waals surface area contributed by atoms with Crippen molar-refractivity contribution in [1.82, 2.24) is 10.6 Å². The number of benzene rings is 1. The van der Waals surface area contributed by atoms with Crippen molar-refractivity contribution in [3.05, 3.63) is 59.7 Å². The van der Waals surface area contributed by atoms with Gasteiger partial charge in [0.1, 0.15) is 17.2 Å². The second-order valence-electron chi connectivity index (χ2n) is 6.13. The molecule has 0 bridgehead atoms. The molecule has 0 saturated heterocycles. The van der Waals surface area contributed by atoms with Crippen LogP contribution in [0.4, 0.5) is 0 Å². The lowest BCUT2D eigenvalue weighted by Crippen LogP contribution is -2.37. The lowest BCUT2D eigenvalue weighted by molar-refractivity contribution is -0.305. The predicted octanol–water partition coefficient (Wildman–Crippen LogP) is 1.49. The second kappa shape index (κ2) is 11.3. The lowest BCUT2D eigenvalue weighted by atomic mass is 10.2. The fourth-order valence-electron chi connectivity index (χ4n) is 2.28. The van der Waals surface area contributed by atoms with Gasteiger partial charge in [-0.15, -0.1) is 0 Å². The van der Waals surface area contributed by atoms with Gasteiger partial charge in [-0.05, 0) is 42.8 Å². The number of rotatable bonds is 11. The van der Waals surface area contributed by atoms with Crippen LogP contribution >= 0.6 is 0 Å². The zero-order valence-electron chi connectivity index (χ0n) is 16.1. The molecule has 154 valence electrons. The van der Waals surface area contributed by atoms with E-state index in [0.717, 1.165) is 12.8 Å². The van der Waals surface area contributed by atoms with Gasteiger partial charge in [0.25, 0.3) is 11.8 Å². The summed E-state index contributed by atoms with van der Waals surface area (Å²) < 4.78 is 10.7. The topological polar surface area (TPSA) is 121 Å². The summed E-state index contributed by atoms with van der Waals surface area (Å²) in [6, 6.07) is 9.80. The number of ether oxygens (including phenoxy) is 1. The number of carbonyl (C=O) groups excluding carboxylic acids is 3. The van der Waals surface area contributed by atoms with E-state index in [1.165, 1.54) is 12.3 Å². The molecular formula is C21H23N2O6-. The van der Waals surface area contributed by atoms with Crippen molar-refractivity contribution in [3.8, 4) is 5.75 Å². The highest BCUT2D eigenvalue weighted by Gasteiger charge is 2.15. The van der Waals surface area contributed by atoms with E-state index in [1.54, 1.807) is 36.4 Å². The number of carbonyl (C=O) groups is 3. The fourth-order valence-corrected chi connectivity index (χ4v) is 2.28. The third kappa shape index (κ3) is 7.53. The number of nitrogens with one attached hydrogen (secondary N) is 2. The third-order valence-electron chi connectivity index (χ3n) is 3.82. The van der Waals surface area contributed by atoms with Crippen molar-refractivity contribution < 1.29 is 28.6 Å². The minimum atomic E-state index is -1.29. The quantitative estimate of drug-likeness (QED) is 0.436. The van der Waals surface area contributed by atoms with Crippen LogP contribution < -0.4 is 20.5 Å². The van der Waals surface area contributed by atoms with Crippen LogP contribution in [0.3, 0.4) is 0 Å². The van der Waals surface area contributed by atoms with Gasteiger partial charge in [-0.25, -0.2) is 0 Å². The maximum Gasteiger partial charge on any atom is 0.267 e. The molecule has 8 heteroatoms. The van der Waals surface area contributed by atoms with E-state index >= 15 is 0 Å². The van der Waals surface area contributed by atoms with E-state index in [-0.39, 0.29) is 18.7 Å². The number of carboxylic acid groups (broad SMARTS) is 1. The van der Waals surface area contributed by atoms with E-state index in [2.05, 4.69) is 17.6 Å². The van der Waals surface area contributed by atoms with Crippen LogP contribution in [0.5, 0.6) is 5.75 Å². The van der Waals surface area contributed by atoms with Gasteiger partial charge in [0, 0.05) is 30.6 Å². The first kappa shape index (κ1) is 21.7. The Labute approximate surface area is 168 Å². The summed E-state index contributed by atoms with van der Waals surface area (Å²) in [6.07, 6.45) is 4.41. The minimum absolute atomic E-state index is 0.0772. The average Bonchev–Trinajstić information content (AvgIpc) is 3.21. The summed E-state index contributed by atoms with van der Waals surface area (Å²) in [5.74, 6) is -1.42. The molecule has 2 aromatic rings. The number of amides is 2. The van der Waals surface area contributed by atoms with Gasteiger partial charge in [-0.3, -0.25) is 9.59 Å². The number of furan rings is 1. The average molecular weight is 399 g/mol. The number of hydrogen-bond acceptors (Lipinski definition) is 6. The van der Waals surface area contributed by atoms with Crippen molar-refractivity contribution in [2.24, 2.45) is 0 Å². The van der Waals surface area contributed by atoms with Crippen molar-refractivity contribution in [2.45, 2.75) is 26.2 Å². The number of hydrogen-bond donors (Lipinski definition) is 2. The maximum atomic E-state index is 12.5. The largest absolute Gasteiger partial charge is 0.550 e. The first-order valence-electron chi connectivity index (χ1n) is 9.27. The van der Waals surface area contributed by atoms with Gasteiger partial charge in [-0.1, -0.05) is 13.3 Å². The van der Waals surface area contributed by atoms with Crippen LogP contribution in [0.25, 0.3) is 6.08 Å². The van der Waals surface area contributed by atoms with Crippen LogP contribution in [0.2, 0.25) is 0 Å². The van der Waals surface area contributed by atoms with Gasteiger partial charge >= 0.3 is 0 Å². The molecule has 2 rings (SSSR count). The zero-order valence-corrected chi connectivity index (χ0v) is 16.1. The standard InChI is InChI=1S/C21H24N2O6/c1-2-3-12-28-16-8-6-15(7-9-16)20(26)23-18(14-17-5-4-13-29-17)21(27)22-11-10-19(24)25/h4-9,13-14H,2-3,10-12H2,1H3,(H,22,27)(H,23,26)(H,24,25)/p-1/b18-14+. The molecule has 2 amide bonds. The van der Waals surface area contributed by atoms with E-state index in [9.17, 15) is 19.5 Å². The first-order valence-corrected chi connectivity index (χ1v) is 9.27. The molecule has 1 heterocycles. The minimum Gasteiger partial charge on any atom is -0.550 e. The van der Waals surface area contributed by atoms with Crippen molar-refractivity contribution >= 4 is 23.9 Å². The summed E-state index contributed by atoms with van der Waals surface area (Å²) in [4.78, 5) is 35.4. The van der Waals surface area contributed by atoms with Gasteiger partial charge in [0.05, 0.1) is 12.9 Å². The molecule has 0 spiro atoms. The SMILES string of the molecule is CCCCOc1ccc(C(=O)N/C(=C/c2ccco2)C(=O)NCCC(=O)[O-])cc1. The molecule has 0 aliphatic heterocycles. The van der Waals surface area contributed by atoms with Crippen LogP contribution in [0.15, 0.2) is 52.8 Å². The van der Waals surface area contributed by atoms with Gasteiger partial charge < -0.3 is 29.7 Å². The Morgan fingerprint density at radius 2 is 1.93 bits per heavy atom. The van der Waals surface area contributed by atoms with Crippen LogP contribution in [-0.2, 0) is 9.59 Å². The number of aliphatic carboxylic acids is 1. The normalized spacial score (nSPS) is 11.0. The highest BCUT2D eigenvalue weighted by molar-refractivity contribution is 6.05. The highest BCUT2D eigenvalue weighted by Crippen LogP contribution is 2.14. The van der Waals surface area contributed by atoms with Crippen LogP contribution in [0, 0.1) is 0 Å². The van der Waals surface area contributed by atoms with Crippen LogP contribution in [0.1, 0.15) is 42.3 Å². The zero-order chi connectivity index (χ0) is 21.1. The van der Waals surface area contributed by atoms with Gasteiger partial charge in [-0.2, -0.15) is 0 Å². The molecule has 8 nitrogen and oxygen atoms in total. The highest BCUT2D eigenvalue weighted by atomic mass is 16.5. The molecule has 0 radical (unpaired) electrons. The lowest BCUT2D eigenvalue weighted by Gasteiger charge is -2.11. The Balaban J connectivity index is 2.06. The maximum absolute atomic E-state index is 12.5. The Hall–Kier alpha value is -3.55. The van der Waals surface area contributed by atoms with Crippen molar-refractivity contribution in [2.75, 3.05) is 13.2 Å². The molecule has 0 fully saturated rings. The molecule has 0 unspecified atom stereocenters. The van der Waals surface area contributed by atoms with Crippen molar-refractivity contribution in [1.29, 1.82) is 0 Å². The van der Waals surface area contributed by atoms with E-state index in [1.807, 2.05) is 0 Å². The third-order valence-corrected chi connectivity index (χ3v) is 3.82. The van der Waals surface area contributed by atoms with Crippen molar-refractivity contribution in [3.63, 3.8) is 0 Å². The summed E-state index contributed by atoms with van der Waals surface area (Å²) in [5.41, 5.74) is 0.257. The van der Waals surface area contributed by atoms with Gasteiger partial charge in [0.2, 0.25) is 0 Å². The Morgan fingerprint density at radius 3 is 2.55 bits per heavy atom. The number of carboxylic acids is 1. The summed E-state index contributed by atoms with van der Waals surface area (Å²) in [7, 11) is 0. The summed E-state index contributed by atoms with van der Waals surface area (Å²) >= 11 is 0. The van der Waals surface area contributed by atoms with Gasteiger partial charge in [0.15, 0.2) is 0 Å². The molecule has 0 aliphatic carbocycles. The Kier molecular flexibility index (Phi) is 8.50. The molecule has 1 aromatic carbocycles. The van der Waals surface area contributed by atoms with E-state index in [0.29, 0.717) is 23.7 Å². The van der Waals surface area contributed by atoms with Crippen LogP contribution in [-0.4, -0.2) is 30.9 Å². The molecule has 0 saturated carbocycles. The molecule has 29 heavy (non-hydrogen) atoms. The molecule has 0 aliphatic rings. The van der Waals surface area contributed by atoms with E-state index < -0.39 is 17.8 Å². The first-order chi connectivity index (χ1) is 14.0. The summed E-state index contributed by atoms with van der Waals surface area (Å²) in [5, 5.41) is 15.5. The summed E-state index contributed by atoms with van der Waals surface area (Å²) in [6.45, 7) is 2.54. The van der Waals surface area contributed by atoms with E-state index in [4.69, 9.17) is 9.15 Å². The Morgan fingerprint density at radius 1 is 1.17 bits per heavy atom. The predicted molar refractivity (Wildman–Crippen MR) is 104 cm³/mol. The fraction of sp³-hybridized carbons (Fsp3) is 0.286. The smallest absolute Gasteiger partial charge is 0.267 e. The molecule has 0 atom stereocenters. The molecular weight excluding hydrogens is 376 g/mol. The second-order valence-corrected chi connectivity index (χ2v) is 6.13. The monoisotopic (exact) mass is 399 g/mol. The molecule has 1 aromatic heterocycles. The Bertz CT molecular complexity index is 841. The molecule has 2 N–H and O–H groups in total. The number of unbranched alkanes of at least 4 members (excludes halogenated alkanes) is 1.